The van der Waals surface area contributed by atoms with Crippen LogP contribution in [0, 0.1) is 13.8 Å². The minimum absolute atomic E-state index is 0.00576. The predicted octanol–water partition coefficient (Wildman–Crippen LogP) is 5.49. The number of aliphatic imine (C=N–C) groups is 1. The van der Waals surface area contributed by atoms with E-state index in [1.807, 2.05) is 54.6 Å². The van der Waals surface area contributed by atoms with Crippen LogP contribution in [0.5, 0.6) is 0 Å². The van der Waals surface area contributed by atoms with E-state index in [4.69, 9.17) is 9.73 Å². The van der Waals surface area contributed by atoms with Crippen LogP contribution in [0.4, 0.5) is 0 Å². The number of amidine groups is 1. The smallest absolute Gasteiger partial charge is 0.338 e. The van der Waals surface area contributed by atoms with E-state index in [-0.39, 0.29) is 12.3 Å². The Balaban J connectivity index is 1.69. The van der Waals surface area contributed by atoms with Gasteiger partial charge in [0.1, 0.15) is 0 Å². The van der Waals surface area contributed by atoms with Crippen molar-refractivity contribution in [3.63, 3.8) is 0 Å². The van der Waals surface area contributed by atoms with Gasteiger partial charge in [0.2, 0.25) is 5.91 Å². The van der Waals surface area contributed by atoms with E-state index in [0.717, 1.165) is 38.8 Å². The number of carbonyl (C=O) groups excluding carboxylic acids is 2. The van der Waals surface area contributed by atoms with Crippen molar-refractivity contribution in [1.82, 2.24) is 9.80 Å². The number of aryl methyl sites for hydroxylation is 2. The van der Waals surface area contributed by atoms with Gasteiger partial charge >= 0.3 is 5.97 Å². The van der Waals surface area contributed by atoms with Crippen molar-refractivity contribution < 1.29 is 14.3 Å². The molecule has 0 fully saturated rings. The molecular formula is C28H31N3O3S. The van der Waals surface area contributed by atoms with Gasteiger partial charge in [-0.3, -0.25) is 4.79 Å². The molecule has 0 aromatic heterocycles. The second kappa shape index (κ2) is 10.5. The number of carbonyl (C=O) groups is 2. The summed E-state index contributed by atoms with van der Waals surface area (Å²) in [7, 11) is 3.22. The van der Waals surface area contributed by atoms with Gasteiger partial charge in [-0.25, -0.2) is 9.79 Å². The van der Waals surface area contributed by atoms with Crippen molar-refractivity contribution >= 4 is 28.8 Å². The summed E-state index contributed by atoms with van der Waals surface area (Å²) in [6.07, 6.45) is 0.824. The molecule has 2 aliphatic heterocycles. The van der Waals surface area contributed by atoms with E-state index >= 15 is 0 Å². The van der Waals surface area contributed by atoms with Crippen LogP contribution in [0.3, 0.4) is 0 Å². The Hall–Kier alpha value is -3.32. The largest absolute Gasteiger partial charge is 0.466 e. The molecular weight excluding hydrogens is 458 g/mol. The van der Waals surface area contributed by atoms with E-state index in [1.165, 1.54) is 18.9 Å². The van der Waals surface area contributed by atoms with E-state index in [2.05, 4.69) is 32.0 Å². The zero-order chi connectivity index (χ0) is 25.1. The zero-order valence-corrected chi connectivity index (χ0v) is 21.7. The summed E-state index contributed by atoms with van der Waals surface area (Å²) in [4.78, 5) is 34.9. The molecule has 182 valence electrons. The maximum atomic E-state index is 13.2. The first-order valence-electron chi connectivity index (χ1n) is 11.7. The standard InChI is InChI=1S/C28H31N3O3S/c1-6-23-25(27(33)34-5)26(22-13-12-18(2)14-19(22)3)31-21(17-35-28(31)29-23)15-24(32)30(4)16-20-10-8-7-9-11-20/h7-14,17,26H,6,15-16H2,1-5H3/t26-/m1/s1. The number of hydrogen-bond acceptors (Lipinski definition) is 6. The van der Waals surface area contributed by atoms with Gasteiger partial charge in [0.05, 0.1) is 30.8 Å². The Kier molecular flexibility index (Phi) is 7.45. The van der Waals surface area contributed by atoms with Crippen molar-refractivity contribution in [3.05, 3.63) is 93.2 Å². The number of allylic oxidation sites excluding steroid dienone is 1. The molecule has 0 unspecified atom stereocenters. The fourth-order valence-corrected chi connectivity index (χ4v) is 5.51. The quantitative estimate of drug-likeness (QED) is 0.481. The maximum Gasteiger partial charge on any atom is 0.338 e. The summed E-state index contributed by atoms with van der Waals surface area (Å²) in [5.74, 6) is -0.385. The summed E-state index contributed by atoms with van der Waals surface area (Å²) in [5.41, 5.74) is 6.41. The lowest BCUT2D eigenvalue weighted by Crippen LogP contribution is -2.38. The Bertz CT molecular complexity index is 1230. The SMILES string of the molecule is CCC1=C(C(=O)OC)[C@@H](c2ccc(C)cc2C)N2C(CC(=O)N(C)Cc3ccccc3)=CSC2=N1. The summed E-state index contributed by atoms with van der Waals surface area (Å²) < 4.78 is 5.21. The normalized spacial score (nSPS) is 17.1. The molecule has 0 aliphatic carbocycles. The summed E-state index contributed by atoms with van der Waals surface area (Å²) in [6.45, 7) is 6.64. The predicted molar refractivity (Wildman–Crippen MR) is 140 cm³/mol. The topological polar surface area (TPSA) is 62.2 Å². The average molecular weight is 490 g/mol. The monoisotopic (exact) mass is 489 g/mol. The van der Waals surface area contributed by atoms with E-state index < -0.39 is 12.0 Å². The molecule has 0 saturated carbocycles. The average Bonchev–Trinajstić information content (AvgIpc) is 3.25. The Labute approximate surface area is 211 Å². The molecule has 0 spiro atoms. The highest BCUT2D eigenvalue weighted by Crippen LogP contribution is 2.46. The number of ether oxygens (including phenoxy) is 1. The number of amides is 1. The first-order valence-corrected chi connectivity index (χ1v) is 12.6. The Morgan fingerprint density at radius 3 is 2.54 bits per heavy atom. The summed E-state index contributed by atoms with van der Waals surface area (Å²) >= 11 is 1.50. The van der Waals surface area contributed by atoms with Gasteiger partial charge in [-0.2, -0.15) is 0 Å². The van der Waals surface area contributed by atoms with E-state index in [9.17, 15) is 9.59 Å². The van der Waals surface area contributed by atoms with Gasteiger partial charge < -0.3 is 14.5 Å². The molecule has 0 N–H and O–H groups in total. The third kappa shape index (κ3) is 5.05. The maximum absolute atomic E-state index is 13.2. The number of esters is 1. The van der Waals surface area contributed by atoms with Crippen molar-refractivity contribution in [2.24, 2.45) is 4.99 Å². The van der Waals surface area contributed by atoms with Crippen molar-refractivity contribution in [2.45, 2.75) is 46.2 Å². The number of nitrogens with zero attached hydrogens (tertiary/aromatic N) is 3. The summed E-state index contributed by atoms with van der Waals surface area (Å²) in [6, 6.07) is 15.8. The molecule has 2 aromatic rings. The van der Waals surface area contributed by atoms with Crippen molar-refractivity contribution in [1.29, 1.82) is 0 Å². The van der Waals surface area contributed by atoms with Gasteiger partial charge in [-0.05, 0) is 42.4 Å². The van der Waals surface area contributed by atoms with Gasteiger partial charge in [0.15, 0.2) is 5.17 Å². The molecule has 1 atom stereocenters. The van der Waals surface area contributed by atoms with Gasteiger partial charge in [0.25, 0.3) is 0 Å². The van der Waals surface area contributed by atoms with Crippen molar-refractivity contribution in [3.8, 4) is 0 Å². The van der Waals surface area contributed by atoms with Gasteiger partial charge in [-0.15, -0.1) is 0 Å². The minimum atomic E-state index is -0.404. The molecule has 2 aliphatic rings. The second-order valence-electron chi connectivity index (χ2n) is 8.87. The molecule has 35 heavy (non-hydrogen) atoms. The highest BCUT2D eigenvalue weighted by atomic mass is 32.2. The molecule has 6 nitrogen and oxygen atoms in total. The third-order valence-electron chi connectivity index (χ3n) is 6.37. The van der Waals surface area contributed by atoms with Crippen molar-refractivity contribution in [2.75, 3.05) is 14.2 Å². The number of rotatable bonds is 7. The zero-order valence-electron chi connectivity index (χ0n) is 20.9. The number of fused-ring (bicyclic) bond motifs is 1. The highest BCUT2D eigenvalue weighted by molar-refractivity contribution is 8.16. The Morgan fingerprint density at radius 1 is 1.14 bits per heavy atom. The minimum Gasteiger partial charge on any atom is -0.466 e. The van der Waals surface area contributed by atoms with Crippen LogP contribution in [-0.4, -0.2) is 41.0 Å². The Morgan fingerprint density at radius 2 is 1.89 bits per heavy atom. The lowest BCUT2D eigenvalue weighted by atomic mass is 9.89. The van der Waals surface area contributed by atoms with Crippen LogP contribution in [0.15, 0.2) is 75.9 Å². The van der Waals surface area contributed by atoms with Crippen LogP contribution in [-0.2, 0) is 20.9 Å². The molecule has 4 rings (SSSR count). The molecule has 2 heterocycles. The van der Waals surface area contributed by atoms with Gasteiger partial charge in [0, 0.05) is 19.3 Å². The fraction of sp³-hybridized carbons (Fsp3) is 0.321. The molecule has 2 aromatic carbocycles. The van der Waals surface area contributed by atoms with Crippen LogP contribution in [0.25, 0.3) is 0 Å². The van der Waals surface area contributed by atoms with E-state index in [1.54, 1.807) is 4.90 Å². The second-order valence-corrected chi connectivity index (χ2v) is 9.71. The first-order chi connectivity index (χ1) is 16.8. The summed E-state index contributed by atoms with van der Waals surface area (Å²) in [5, 5.41) is 2.77. The molecule has 0 bridgehead atoms. The van der Waals surface area contributed by atoms with Crippen LogP contribution in [0.2, 0.25) is 0 Å². The molecule has 0 radical (unpaired) electrons. The molecule has 7 heteroatoms. The fourth-order valence-electron chi connectivity index (χ4n) is 4.57. The lowest BCUT2D eigenvalue weighted by Gasteiger charge is -2.37. The molecule has 0 saturated heterocycles. The third-order valence-corrected chi connectivity index (χ3v) is 7.26. The number of hydrogen-bond donors (Lipinski definition) is 0. The highest BCUT2D eigenvalue weighted by Gasteiger charge is 2.42. The van der Waals surface area contributed by atoms with Crippen LogP contribution < -0.4 is 0 Å². The molecule has 1 amide bonds. The van der Waals surface area contributed by atoms with Gasteiger partial charge in [-0.1, -0.05) is 72.8 Å². The number of thioether (sulfide) groups is 1. The number of methoxy groups -OCH3 is 1. The van der Waals surface area contributed by atoms with E-state index in [0.29, 0.717) is 18.5 Å². The van der Waals surface area contributed by atoms with Crippen LogP contribution >= 0.6 is 11.8 Å². The number of benzene rings is 2. The lowest BCUT2D eigenvalue weighted by molar-refractivity contribution is -0.136. The first kappa shape index (κ1) is 24.8. The van der Waals surface area contributed by atoms with Crippen LogP contribution in [0.1, 0.15) is 48.1 Å².